The van der Waals surface area contributed by atoms with E-state index in [1.54, 1.807) is 0 Å². The van der Waals surface area contributed by atoms with Gasteiger partial charge in [-0.1, -0.05) is 0 Å². The van der Waals surface area contributed by atoms with Crippen LogP contribution in [0.4, 0.5) is 0 Å². The second-order valence-electron chi connectivity index (χ2n) is 4.46. The van der Waals surface area contributed by atoms with Gasteiger partial charge in [-0.05, 0) is 44.0 Å². The Kier molecular flexibility index (Phi) is 4.90. The van der Waals surface area contributed by atoms with Crippen LogP contribution in [-0.2, 0) is 6.54 Å². The Morgan fingerprint density at radius 1 is 1.17 bits per heavy atom. The van der Waals surface area contributed by atoms with E-state index in [-0.39, 0.29) is 0 Å². The summed E-state index contributed by atoms with van der Waals surface area (Å²) in [4.78, 5) is 8.06. The van der Waals surface area contributed by atoms with Crippen LogP contribution in [0, 0.1) is 0 Å². The SMILES string of the molecule is CC(NCCCCn1ccnc1)c1ccncc1. The van der Waals surface area contributed by atoms with E-state index in [4.69, 9.17) is 0 Å². The summed E-state index contributed by atoms with van der Waals surface area (Å²) < 4.78 is 2.12. The van der Waals surface area contributed by atoms with Gasteiger partial charge < -0.3 is 9.88 Å². The zero-order valence-corrected chi connectivity index (χ0v) is 10.8. The normalized spacial score (nSPS) is 12.5. The quantitative estimate of drug-likeness (QED) is 0.761. The molecule has 0 saturated carbocycles. The average Bonchev–Trinajstić information content (AvgIpc) is 2.92. The minimum absolute atomic E-state index is 0.390. The molecule has 0 radical (unpaired) electrons. The molecular weight excluding hydrogens is 224 g/mol. The summed E-state index contributed by atoms with van der Waals surface area (Å²) in [5.41, 5.74) is 1.29. The molecule has 4 nitrogen and oxygen atoms in total. The summed E-state index contributed by atoms with van der Waals surface area (Å²) in [6, 6.07) is 4.51. The Hall–Kier alpha value is -1.68. The van der Waals surface area contributed by atoms with Crippen molar-refractivity contribution in [2.45, 2.75) is 32.4 Å². The zero-order chi connectivity index (χ0) is 12.6. The molecule has 2 aromatic heterocycles. The molecule has 0 saturated heterocycles. The van der Waals surface area contributed by atoms with E-state index in [9.17, 15) is 0 Å². The lowest BCUT2D eigenvalue weighted by atomic mass is 10.1. The predicted molar refractivity (Wildman–Crippen MR) is 72.1 cm³/mol. The number of hydrogen-bond acceptors (Lipinski definition) is 3. The second-order valence-corrected chi connectivity index (χ2v) is 4.46. The number of rotatable bonds is 7. The fourth-order valence-corrected chi connectivity index (χ4v) is 1.93. The zero-order valence-electron chi connectivity index (χ0n) is 10.8. The Morgan fingerprint density at radius 2 is 2.00 bits per heavy atom. The van der Waals surface area contributed by atoms with Crippen LogP contribution >= 0.6 is 0 Å². The van der Waals surface area contributed by atoms with Crippen molar-refractivity contribution in [2.75, 3.05) is 6.54 Å². The van der Waals surface area contributed by atoms with Gasteiger partial charge in [0, 0.05) is 37.4 Å². The highest BCUT2D eigenvalue weighted by Crippen LogP contribution is 2.09. The summed E-state index contributed by atoms with van der Waals surface area (Å²) >= 11 is 0. The first kappa shape index (κ1) is 12.8. The number of nitrogens with zero attached hydrogens (tertiary/aromatic N) is 3. The van der Waals surface area contributed by atoms with E-state index in [0.717, 1.165) is 13.1 Å². The van der Waals surface area contributed by atoms with E-state index in [2.05, 4.69) is 38.9 Å². The van der Waals surface area contributed by atoms with Crippen LogP contribution in [0.5, 0.6) is 0 Å². The Morgan fingerprint density at radius 3 is 2.72 bits per heavy atom. The maximum absolute atomic E-state index is 4.03. The maximum Gasteiger partial charge on any atom is 0.0945 e. The van der Waals surface area contributed by atoms with Crippen LogP contribution in [0.3, 0.4) is 0 Å². The van der Waals surface area contributed by atoms with Crippen molar-refractivity contribution in [1.82, 2.24) is 19.9 Å². The third-order valence-corrected chi connectivity index (χ3v) is 3.06. The van der Waals surface area contributed by atoms with Gasteiger partial charge in [-0.25, -0.2) is 4.98 Å². The maximum atomic E-state index is 4.03. The molecule has 0 fully saturated rings. The van der Waals surface area contributed by atoms with Crippen molar-refractivity contribution >= 4 is 0 Å². The number of imidazole rings is 1. The van der Waals surface area contributed by atoms with Crippen LogP contribution < -0.4 is 5.32 Å². The molecule has 2 aromatic rings. The molecule has 2 heterocycles. The molecule has 0 aromatic carbocycles. The number of aromatic nitrogens is 3. The molecule has 0 spiro atoms. The van der Waals surface area contributed by atoms with Crippen molar-refractivity contribution in [1.29, 1.82) is 0 Å². The van der Waals surface area contributed by atoms with Gasteiger partial charge in [-0.3, -0.25) is 4.98 Å². The minimum atomic E-state index is 0.390. The lowest BCUT2D eigenvalue weighted by Gasteiger charge is -2.13. The number of aryl methyl sites for hydroxylation is 1. The Balaban J connectivity index is 1.61. The fourth-order valence-electron chi connectivity index (χ4n) is 1.93. The molecule has 1 N–H and O–H groups in total. The lowest BCUT2D eigenvalue weighted by molar-refractivity contribution is 0.523. The van der Waals surface area contributed by atoms with Crippen LogP contribution in [0.1, 0.15) is 31.4 Å². The highest BCUT2D eigenvalue weighted by atomic mass is 15.0. The van der Waals surface area contributed by atoms with Crippen LogP contribution in [0.2, 0.25) is 0 Å². The summed E-state index contributed by atoms with van der Waals surface area (Å²) in [7, 11) is 0. The molecule has 0 aliphatic carbocycles. The van der Waals surface area contributed by atoms with Crippen LogP contribution in [-0.4, -0.2) is 21.1 Å². The smallest absolute Gasteiger partial charge is 0.0945 e. The molecule has 1 unspecified atom stereocenters. The first-order valence-electron chi connectivity index (χ1n) is 6.45. The fraction of sp³-hybridized carbons (Fsp3) is 0.429. The number of pyridine rings is 1. The van der Waals surface area contributed by atoms with Gasteiger partial charge >= 0.3 is 0 Å². The van der Waals surface area contributed by atoms with Gasteiger partial charge in [0.1, 0.15) is 0 Å². The molecule has 2 rings (SSSR count). The lowest BCUT2D eigenvalue weighted by Crippen LogP contribution is -2.20. The predicted octanol–water partition coefficient (Wildman–Crippen LogP) is 2.41. The monoisotopic (exact) mass is 244 g/mol. The van der Waals surface area contributed by atoms with Crippen LogP contribution in [0.15, 0.2) is 43.2 Å². The van der Waals surface area contributed by atoms with E-state index < -0.39 is 0 Å². The number of nitrogens with one attached hydrogen (secondary N) is 1. The van der Waals surface area contributed by atoms with Gasteiger partial charge in [-0.15, -0.1) is 0 Å². The van der Waals surface area contributed by atoms with Gasteiger partial charge in [0.25, 0.3) is 0 Å². The Bertz CT molecular complexity index is 424. The Labute approximate surface area is 108 Å². The molecular formula is C14H20N4. The van der Waals surface area contributed by atoms with Gasteiger partial charge in [0.15, 0.2) is 0 Å². The second kappa shape index (κ2) is 6.91. The van der Waals surface area contributed by atoms with E-state index in [1.807, 2.05) is 31.1 Å². The summed E-state index contributed by atoms with van der Waals surface area (Å²) in [6.45, 7) is 4.27. The number of hydrogen-bond donors (Lipinski definition) is 1. The standard InChI is InChI=1S/C14H20N4/c1-13(14-4-7-15-8-5-14)17-6-2-3-10-18-11-9-16-12-18/h4-5,7-9,11-13,17H,2-3,6,10H2,1H3. The van der Waals surface area contributed by atoms with Crippen molar-refractivity contribution in [3.05, 3.63) is 48.8 Å². The molecule has 0 aliphatic heterocycles. The molecule has 4 heteroatoms. The number of unbranched alkanes of at least 4 members (excludes halogenated alkanes) is 1. The van der Waals surface area contributed by atoms with Crippen molar-refractivity contribution in [3.8, 4) is 0 Å². The average molecular weight is 244 g/mol. The molecule has 18 heavy (non-hydrogen) atoms. The van der Waals surface area contributed by atoms with Crippen molar-refractivity contribution < 1.29 is 0 Å². The molecule has 0 amide bonds. The molecule has 96 valence electrons. The third kappa shape index (κ3) is 3.96. The largest absolute Gasteiger partial charge is 0.337 e. The van der Waals surface area contributed by atoms with Crippen molar-refractivity contribution in [3.63, 3.8) is 0 Å². The van der Waals surface area contributed by atoms with Crippen molar-refractivity contribution in [2.24, 2.45) is 0 Å². The molecule has 0 bridgehead atoms. The van der Waals surface area contributed by atoms with E-state index in [0.29, 0.717) is 6.04 Å². The third-order valence-electron chi connectivity index (χ3n) is 3.06. The van der Waals surface area contributed by atoms with E-state index in [1.165, 1.54) is 18.4 Å². The summed E-state index contributed by atoms with van der Waals surface area (Å²) in [5, 5.41) is 3.53. The van der Waals surface area contributed by atoms with Crippen LogP contribution in [0.25, 0.3) is 0 Å². The topological polar surface area (TPSA) is 42.7 Å². The first-order chi connectivity index (χ1) is 8.86. The summed E-state index contributed by atoms with van der Waals surface area (Å²) in [6.07, 6.45) is 11.7. The molecule has 1 atom stereocenters. The highest BCUT2D eigenvalue weighted by Gasteiger charge is 2.02. The summed E-state index contributed by atoms with van der Waals surface area (Å²) in [5.74, 6) is 0. The van der Waals surface area contributed by atoms with E-state index >= 15 is 0 Å². The highest BCUT2D eigenvalue weighted by molar-refractivity contribution is 5.13. The minimum Gasteiger partial charge on any atom is -0.337 e. The first-order valence-corrected chi connectivity index (χ1v) is 6.45. The van der Waals surface area contributed by atoms with Gasteiger partial charge in [0.2, 0.25) is 0 Å². The molecule has 0 aliphatic rings. The van der Waals surface area contributed by atoms with Gasteiger partial charge in [-0.2, -0.15) is 0 Å². The van der Waals surface area contributed by atoms with Gasteiger partial charge in [0.05, 0.1) is 6.33 Å².